The summed E-state index contributed by atoms with van der Waals surface area (Å²) < 4.78 is 5.45. The second-order valence-corrected chi connectivity index (χ2v) is 4.71. The lowest BCUT2D eigenvalue weighted by Crippen LogP contribution is -2.14. The second kappa shape index (κ2) is 5.38. The molecule has 1 atom stereocenters. The standard InChI is InChI=1S/C13H15N5O2/c1-8-4-2-5-9(15-8)11(19)16-13-18-17-12(20-13)10-6-3-7-14-10/h2,4-5,10,14H,3,6-7H2,1H3,(H,16,18,19). The fourth-order valence-corrected chi connectivity index (χ4v) is 2.15. The van der Waals surface area contributed by atoms with Crippen LogP contribution in [0.15, 0.2) is 22.6 Å². The number of hydrogen-bond donors (Lipinski definition) is 2. The molecule has 3 rings (SSSR count). The zero-order valence-corrected chi connectivity index (χ0v) is 11.1. The van der Waals surface area contributed by atoms with Crippen LogP contribution in [0.3, 0.4) is 0 Å². The summed E-state index contributed by atoms with van der Waals surface area (Å²) in [7, 11) is 0. The monoisotopic (exact) mass is 273 g/mol. The lowest BCUT2D eigenvalue weighted by Gasteiger charge is -2.03. The number of pyridine rings is 1. The molecule has 0 aromatic carbocycles. The minimum absolute atomic E-state index is 0.0882. The minimum Gasteiger partial charge on any atom is -0.406 e. The molecule has 0 bridgehead atoms. The summed E-state index contributed by atoms with van der Waals surface area (Å²) in [6.07, 6.45) is 2.05. The molecule has 20 heavy (non-hydrogen) atoms. The van der Waals surface area contributed by atoms with E-state index in [-0.39, 0.29) is 18.0 Å². The normalized spacial score (nSPS) is 18.1. The molecule has 1 aliphatic rings. The number of aromatic nitrogens is 3. The maximum absolute atomic E-state index is 12.0. The Morgan fingerprint density at radius 3 is 3.10 bits per heavy atom. The van der Waals surface area contributed by atoms with Gasteiger partial charge in [-0.3, -0.25) is 10.1 Å². The summed E-state index contributed by atoms with van der Waals surface area (Å²) in [5, 5.41) is 13.6. The van der Waals surface area contributed by atoms with Crippen molar-refractivity contribution in [2.75, 3.05) is 11.9 Å². The molecule has 7 nitrogen and oxygen atoms in total. The number of aryl methyl sites for hydroxylation is 1. The Morgan fingerprint density at radius 2 is 2.35 bits per heavy atom. The topological polar surface area (TPSA) is 92.9 Å². The fraction of sp³-hybridized carbons (Fsp3) is 0.385. The first-order valence-electron chi connectivity index (χ1n) is 6.54. The molecule has 1 unspecified atom stereocenters. The lowest BCUT2D eigenvalue weighted by atomic mass is 10.2. The second-order valence-electron chi connectivity index (χ2n) is 4.71. The Morgan fingerprint density at radius 1 is 1.45 bits per heavy atom. The van der Waals surface area contributed by atoms with Crippen molar-refractivity contribution >= 4 is 11.9 Å². The molecule has 0 saturated carbocycles. The molecule has 2 aromatic heterocycles. The van der Waals surface area contributed by atoms with Gasteiger partial charge in [0.15, 0.2) is 0 Å². The van der Waals surface area contributed by atoms with Crippen molar-refractivity contribution in [3.8, 4) is 0 Å². The van der Waals surface area contributed by atoms with E-state index in [1.165, 1.54) is 0 Å². The SMILES string of the molecule is Cc1cccc(C(=O)Nc2nnc(C3CCCN3)o2)n1. The van der Waals surface area contributed by atoms with Crippen LogP contribution in [0.5, 0.6) is 0 Å². The van der Waals surface area contributed by atoms with Gasteiger partial charge in [-0.2, -0.15) is 0 Å². The van der Waals surface area contributed by atoms with Crippen molar-refractivity contribution in [3.63, 3.8) is 0 Å². The minimum atomic E-state index is -0.358. The number of nitrogens with one attached hydrogen (secondary N) is 2. The van der Waals surface area contributed by atoms with Crippen LogP contribution in [-0.2, 0) is 0 Å². The van der Waals surface area contributed by atoms with Crippen molar-refractivity contribution in [2.45, 2.75) is 25.8 Å². The average molecular weight is 273 g/mol. The molecule has 7 heteroatoms. The largest absolute Gasteiger partial charge is 0.406 e. The molecule has 1 fully saturated rings. The third kappa shape index (κ3) is 2.67. The van der Waals surface area contributed by atoms with E-state index < -0.39 is 0 Å². The zero-order valence-electron chi connectivity index (χ0n) is 11.1. The highest BCUT2D eigenvalue weighted by molar-refractivity contribution is 6.01. The number of rotatable bonds is 3. The van der Waals surface area contributed by atoms with E-state index in [2.05, 4.69) is 25.8 Å². The molecule has 3 heterocycles. The maximum Gasteiger partial charge on any atom is 0.322 e. The molecule has 104 valence electrons. The third-order valence-electron chi connectivity index (χ3n) is 3.14. The average Bonchev–Trinajstić information content (AvgIpc) is 3.08. The van der Waals surface area contributed by atoms with Gasteiger partial charge in [0.1, 0.15) is 5.69 Å². The van der Waals surface area contributed by atoms with E-state index in [4.69, 9.17) is 4.42 Å². The number of carbonyl (C=O) groups is 1. The molecule has 0 radical (unpaired) electrons. The molecular formula is C13H15N5O2. The van der Waals surface area contributed by atoms with Gasteiger partial charge in [0, 0.05) is 5.69 Å². The molecule has 2 aromatic rings. The number of anilines is 1. The summed E-state index contributed by atoms with van der Waals surface area (Å²) in [5.74, 6) is 0.151. The first-order chi connectivity index (χ1) is 9.72. The van der Waals surface area contributed by atoms with Gasteiger partial charge in [0.25, 0.3) is 5.91 Å². The van der Waals surface area contributed by atoms with Crippen LogP contribution in [0.25, 0.3) is 0 Å². The Balaban J connectivity index is 1.70. The van der Waals surface area contributed by atoms with E-state index in [9.17, 15) is 4.79 Å². The van der Waals surface area contributed by atoms with Crippen molar-refractivity contribution < 1.29 is 9.21 Å². The molecular weight excluding hydrogens is 258 g/mol. The van der Waals surface area contributed by atoms with Crippen LogP contribution in [0, 0.1) is 6.92 Å². The summed E-state index contributed by atoms with van der Waals surface area (Å²) in [4.78, 5) is 16.1. The van der Waals surface area contributed by atoms with E-state index in [1.807, 2.05) is 13.0 Å². The third-order valence-corrected chi connectivity index (χ3v) is 3.14. The summed E-state index contributed by atoms with van der Waals surface area (Å²) in [6, 6.07) is 5.43. The van der Waals surface area contributed by atoms with Crippen LogP contribution >= 0.6 is 0 Å². The smallest absolute Gasteiger partial charge is 0.322 e. The fourth-order valence-electron chi connectivity index (χ4n) is 2.15. The quantitative estimate of drug-likeness (QED) is 0.879. The van der Waals surface area contributed by atoms with E-state index in [0.29, 0.717) is 11.6 Å². The maximum atomic E-state index is 12.0. The van der Waals surface area contributed by atoms with E-state index in [1.54, 1.807) is 12.1 Å². The number of carbonyl (C=O) groups excluding carboxylic acids is 1. The predicted octanol–water partition coefficient (Wildman–Crippen LogP) is 1.45. The molecule has 1 saturated heterocycles. The van der Waals surface area contributed by atoms with Crippen molar-refractivity contribution in [1.82, 2.24) is 20.5 Å². The Kier molecular flexibility index (Phi) is 3.42. The Labute approximate surface area is 115 Å². The highest BCUT2D eigenvalue weighted by Gasteiger charge is 2.22. The molecule has 1 amide bonds. The lowest BCUT2D eigenvalue weighted by molar-refractivity contribution is 0.101. The number of nitrogens with zero attached hydrogens (tertiary/aromatic N) is 3. The van der Waals surface area contributed by atoms with Crippen LogP contribution < -0.4 is 10.6 Å². The molecule has 2 N–H and O–H groups in total. The Hall–Kier alpha value is -2.28. The summed E-state index contributed by atoms with van der Waals surface area (Å²) >= 11 is 0. The van der Waals surface area contributed by atoms with E-state index in [0.717, 1.165) is 25.1 Å². The van der Waals surface area contributed by atoms with Crippen molar-refractivity contribution in [1.29, 1.82) is 0 Å². The van der Waals surface area contributed by atoms with E-state index >= 15 is 0 Å². The van der Waals surface area contributed by atoms with Gasteiger partial charge in [-0.1, -0.05) is 11.2 Å². The highest BCUT2D eigenvalue weighted by Crippen LogP contribution is 2.22. The highest BCUT2D eigenvalue weighted by atomic mass is 16.4. The van der Waals surface area contributed by atoms with Crippen molar-refractivity contribution in [2.24, 2.45) is 0 Å². The first-order valence-corrected chi connectivity index (χ1v) is 6.54. The van der Waals surface area contributed by atoms with Gasteiger partial charge >= 0.3 is 6.01 Å². The van der Waals surface area contributed by atoms with Crippen molar-refractivity contribution in [3.05, 3.63) is 35.5 Å². The number of hydrogen-bond acceptors (Lipinski definition) is 6. The summed E-state index contributed by atoms with van der Waals surface area (Å²) in [6.45, 7) is 2.77. The first kappa shape index (κ1) is 12.7. The predicted molar refractivity (Wildman–Crippen MR) is 71.2 cm³/mol. The van der Waals surface area contributed by atoms with Crippen LogP contribution in [0.2, 0.25) is 0 Å². The van der Waals surface area contributed by atoms with Gasteiger partial charge in [0.05, 0.1) is 6.04 Å². The van der Waals surface area contributed by atoms with Gasteiger partial charge in [-0.05, 0) is 38.4 Å². The Bertz CT molecular complexity index is 619. The van der Waals surface area contributed by atoms with Gasteiger partial charge in [0.2, 0.25) is 5.89 Å². The van der Waals surface area contributed by atoms with Crippen LogP contribution in [-0.4, -0.2) is 27.6 Å². The summed E-state index contributed by atoms with van der Waals surface area (Å²) in [5.41, 5.74) is 1.10. The number of amides is 1. The molecule has 0 aliphatic carbocycles. The van der Waals surface area contributed by atoms with Gasteiger partial charge < -0.3 is 9.73 Å². The van der Waals surface area contributed by atoms with Crippen LogP contribution in [0.4, 0.5) is 6.01 Å². The van der Waals surface area contributed by atoms with Crippen LogP contribution in [0.1, 0.15) is 41.0 Å². The molecule has 0 spiro atoms. The van der Waals surface area contributed by atoms with Gasteiger partial charge in [-0.15, -0.1) is 5.10 Å². The zero-order chi connectivity index (χ0) is 13.9. The molecule has 1 aliphatic heterocycles. The van der Waals surface area contributed by atoms with Gasteiger partial charge in [-0.25, -0.2) is 4.98 Å².